The van der Waals surface area contributed by atoms with Crippen LogP contribution in [0.5, 0.6) is 5.75 Å². The van der Waals surface area contributed by atoms with Crippen LogP contribution in [0.4, 0.5) is 0 Å². The zero-order chi connectivity index (χ0) is 18.9. The maximum Gasteiger partial charge on any atom is 0.368 e. The van der Waals surface area contributed by atoms with Gasteiger partial charge < -0.3 is 4.74 Å². The monoisotopic (exact) mass is 374 g/mol. The maximum atomic E-state index is 12.1. The first-order valence-electron chi connectivity index (χ1n) is 7.78. The van der Waals surface area contributed by atoms with E-state index < -0.39 is 9.84 Å². The summed E-state index contributed by atoms with van der Waals surface area (Å²) in [6, 6.07) is 11.7. The van der Waals surface area contributed by atoms with E-state index in [9.17, 15) is 13.2 Å². The molecule has 1 aromatic heterocycles. The molecule has 0 aliphatic carbocycles. The van der Waals surface area contributed by atoms with Crippen molar-refractivity contribution >= 4 is 9.84 Å². The molecular weight excluding hydrogens is 356 g/mol. The summed E-state index contributed by atoms with van der Waals surface area (Å²) < 4.78 is 31.2. The van der Waals surface area contributed by atoms with Crippen LogP contribution in [-0.4, -0.2) is 34.5 Å². The Morgan fingerprint density at radius 3 is 2.35 bits per heavy atom. The number of hydrogen-bond donors (Lipinski definition) is 0. The van der Waals surface area contributed by atoms with Crippen LogP contribution in [0.25, 0.3) is 5.69 Å². The van der Waals surface area contributed by atoms with Crippen molar-refractivity contribution in [2.45, 2.75) is 18.4 Å². The van der Waals surface area contributed by atoms with Crippen molar-refractivity contribution in [3.8, 4) is 11.4 Å². The Morgan fingerprint density at radius 1 is 1.08 bits per heavy atom. The first kappa shape index (κ1) is 17.9. The average molecular weight is 374 g/mol. The zero-order valence-electron chi connectivity index (χ0n) is 14.6. The molecule has 8 nitrogen and oxygen atoms in total. The number of benzene rings is 2. The van der Waals surface area contributed by atoms with Gasteiger partial charge >= 0.3 is 5.69 Å². The molecule has 3 aromatic rings. The standard InChI is InChI=1S/C17H18N4O4S/c1-12-5-4-6-16(21-17(22)20(2)18-19-21)15(12)11-25-13-7-9-14(10-8-13)26(3,23)24/h4-10H,11H2,1-3H3. The molecule has 136 valence electrons. The third-order valence-electron chi connectivity index (χ3n) is 3.97. The largest absolute Gasteiger partial charge is 0.489 e. The van der Waals surface area contributed by atoms with E-state index in [1.54, 1.807) is 18.2 Å². The Bertz CT molecular complexity index is 1100. The highest BCUT2D eigenvalue weighted by molar-refractivity contribution is 7.90. The Morgan fingerprint density at radius 2 is 1.77 bits per heavy atom. The van der Waals surface area contributed by atoms with Crippen LogP contribution in [0.1, 0.15) is 11.1 Å². The first-order valence-corrected chi connectivity index (χ1v) is 9.67. The fraction of sp³-hybridized carbons (Fsp3) is 0.235. The first-order chi connectivity index (χ1) is 12.3. The number of hydrogen-bond acceptors (Lipinski definition) is 6. The molecule has 0 radical (unpaired) electrons. The van der Waals surface area contributed by atoms with E-state index >= 15 is 0 Å². The minimum atomic E-state index is -3.25. The summed E-state index contributed by atoms with van der Waals surface area (Å²) in [6.07, 6.45) is 1.15. The van der Waals surface area contributed by atoms with Gasteiger partial charge in [0.2, 0.25) is 0 Å². The summed E-state index contributed by atoms with van der Waals surface area (Å²) in [5.41, 5.74) is 1.97. The van der Waals surface area contributed by atoms with Gasteiger partial charge in [0.05, 0.1) is 10.6 Å². The van der Waals surface area contributed by atoms with Gasteiger partial charge in [-0.15, -0.1) is 0 Å². The molecular formula is C17H18N4O4S. The number of sulfone groups is 1. The molecule has 0 bridgehead atoms. The van der Waals surface area contributed by atoms with E-state index in [4.69, 9.17) is 4.74 Å². The van der Waals surface area contributed by atoms with Gasteiger partial charge in [0.15, 0.2) is 9.84 Å². The molecule has 9 heteroatoms. The molecule has 0 atom stereocenters. The highest BCUT2D eigenvalue weighted by atomic mass is 32.2. The molecule has 2 aromatic carbocycles. The number of rotatable bonds is 5. The second kappa shape index (κ2) is 6.75. The predicted octanol–water partition coefficient (Wildman–Crippen LogP) is 1.26. The van der Waals surface area contributed by atoms with E-state index in [0.29, 0.717) is 11.4 Å². The Hall–Kier alpha value is -2.94. The Balaban J connectivity index is 1.89. The predicted molar refractivity (Wildman–Crippen MR) is 95.2 cm³/mol. The van der Waals surface area contributed by atoms with E-state index in [1.807, 2.05) is 19.1 Å². The summed E-state index contributed by atoms with van der Waals surface area (Å²) in [7, 11) is -1.72. The Kier molecular flexibility index (Phi) is 4.64. The molecule has 3 rings (SSSR count). The lowest BCUT2D eigenvalue weighted by atomic mass is 10.1. The molecule has 0 saturated heterocycles. The van der Waals surface area contributed by atoms with Crippen LogP contribution >= 0.6 is 0 Å². The highest BCUT2D eigenvalue weighted by Gasteiger charge is 2.14. The van der Waals surface area contributed by atoms with Gasteiger partial charge in [-0.05, 0) is 53.2 Å². The average Bonchev–Trinajstić information content (AvgIpc) is 2.92. The van der Waals surface area contributed by atoms with Gasteiger partial charge in [0, 0.05) is 18.9 Å². The van der Waals surface area contributed by atoms with Crippen molar-refractivity contribution in [2.24, 2.45) is 7.05 Å². The summed E-state index contributed by atoms with van der Waals surface area (Å²) in [4.78, 5) is 12.4. The van der Waals surface area contributed by atoms with Crippen LogP contribution < -0.4 is 10.4 Å². The van der Waals surface area contributed by atoms with Gasteiger partial charge in [-0.1, -0.05) is 12.1 Å². The molecule has 0 spiro atoms. The van der Waals surface area contributed by atoms with E-state index in [1.165, 1.54) is 23.9 Å². The minimum absolute atomic E-state index is 0.198. The molecule has 26 heavy (non-hydrogen) atoms. The molecule has 0 aliphatic rings. The smallest absolute Gasteiger partial charge is 0.368 e. The van der Waals surface area contributed by atoms with E-state index in [2.05, 4.69) is 10.4 Å². The highest BCUT2D eigenvalue weighted by Crippen LogP contribution is 2.21. The second-order valence-electron chi connectivity index (χ2n) is 5.90. The molecule has 0 fully saturated rings. The SMILES string of the molecule is Cc1cccc(-n2nnn(C)c2=O)c1COc1ccc(S(C)(=O)=O)cc1. The molecule has 0 aliphatic heterocycles. The number of nitrogens with zero attached hydrogens (tertiary/aromatic N) is 4. The topological polar surface area (TPSA) is 96.1 Å². The van der Waals surface area contributed by atoms with Crippen LogP contribution in [0.2, 0.25) is 0 Å². The third-order valence-corrected chi connectivity index (χ3v) is 5.10. The maximum absolute atomic E-state index is 12.1. The number of aromatic nitrogens is 4. The molecule has 0 unspecified atom stereocenters. The summed E-state index contributed by atoms with van der Waals surface area (Å²) >= 11 is 0. The lowest BCUT2D eigenvalue weighted by Crippen LogP contribution is -2.23. The Labute approximate surface area is 150 Å². The molecule has 1 heterocycles. The lowest BCUT2D eigenvalue weighted by molar-refractivity contribution is 0.304. The quantitative estimate of drug-likeness (QED) is 0.667. The van der Waals surface area contributed by atoms with Gasteiger partial charge in [-0.25, -0.2) is 13.2 Å². The number of ether oxygens (including phenoxy) is 1. The van der Waals surface area contributed by atoms with Gasteiger partial charge in [0.25, 0.3) is 0 Å². The van der Waals surface area contributed by atoms with Crippen LogP contribution in [0.15, 0.2) is 52.2 Å². The summed E-state index contributed by atoms with van der Waals surface area (Å²) in [6.45, 7) is 2.11. The van der Waals surface area contributed by atoms with Crippen LogP contribution in [0.3, 0.4) is 0 Å². The van der Waals surface area contributed by atoms with E-state index in [-0.39, 0.29) is 17.2 Å². The van der Waals surface area contributed by atoms with Crippen molar-refractivity contribution in [3.63, 3.8) is 0 Å². The second-order valence-corrected chi connectivity index (χ2v) is 7.92. The van der Waals surface area contributed by atoms with Crippen LogP contribution in [0, 0.1) is 6.92 Å². The summed E-state index contributed by atoms with van der Waals surface area (Å²) in [5, 5.41) is 7.61. The van der Waals surface area contributed by atoms with Crippen molar-refractivity contribution in [3.05, 3.63) is 64.1 Å². The van der Waals surface area contributed by atoms with Gasteiger partial charge in [0.1, 0.15) is 12.4 Å². The molecule has 0 saturated carbocycles. The third kappa shape index (κ3) is 3.52. The summed E-state index contributed by atoms with van der Waals surface area (Å²) in [5.74, 6) is 0.526. The zero-order valence-corrected chi connectivity index (χ0v) is 15.4. The van der Waals surface area contributed by atoms with Crippen molar-refractivity contribution in [2.75, 3.05) is 6.26 Å². The normalized spacial score (nSPS) is 11.5. The number of aryl methyl sites for hydroxylation is 2. The van der Waals surface area contributed by atoms with E-state index in [0.717, 1.165) is 22.1 Å². The van der Waals surface area contributed by atoms with Gasteiger partial charge in [-0.3, -0.25) is 0 Å². The van der Waals surface area contributed by atoms with Crippen LogP contribution in [-0.2, 0) is 23.5 Å². The lowest BCUT2D eigenvalue weighted by Gasteiger charge is -2.13. The molecule has 0 amide bonds. The number of tetrazole rings is 1. The fourth-order valence-electron chi connectivity index (χ4n) is 2.48. The fourth-order valence-corrected chi connectivity index (χ4v) is 3.11. The van der Waals surface area contributed by atoms with Crippen molar-refractivity contribution < 1.29 is 13.2 Å². The molecule has 0 N–H and O–H groups in total. The van der Waals surface area contributed by atoms with Gasteiger partial charge in [-0.2, -0.15) is 9.36 Å². The van der Waals surface area contributed by atoms with Crippen molar-refractivity contribution in [1.82, 2.24) is 19.8 Å². The van der Waals surface area contributed by atoms with Crippen molar-refractivity contribution in [1.29, 1.82) is 0 Å². The minimum Gasteiger partial charge on any atom is -0.489 e.